The van der Waals surface area contributed by atoms with Crippen molar-refractivity contribution in [2.24, 2.45) is 12.2 Å². The lowest BCUT2D eigenvalue weighted by Crippen LogP contribution is -2.33. The van der Waals surface area contributed by atoms with E-state index >= 15 is 0 Å². The summed E-state index contributed by atoms with van der Waals surface area (Å²) in [5, 5.41) is 28.4. The average molecular weight is 282 g/mol. The summed E-state index contributed by atoms with van der Waals surface area (Å²) >= 11 is 0. The summed E-state index contributed by atoms with van der Waals surface area (Å²) in [6.07, 6.45) is 1.32. The van der Waals surface area contributed by atoms with Crippen LogP contribution < -0.4 is 0 Å². The van der Waals surface area contributed by atoms with Crippen molar-refractivity contribution in [3.63, 3.8) is 0 Å². The second-order valence-corrected chi connectivity index (χ2v) is 4.58. The van der Waals surface area contributed by atoms with Gasteiger partial charge in [-0.1, -0.05) is 5.11 Å². The molecule has 0 radical (unpaired) electrons. The molecule has 2 rings (SSSR count). The van der Waals surface area contributed by atoms with E-state index in [0.717, 1.165) is 6.20 Å². The van der Waals surface area contributed by atoms with E-state index in [4.69, 9.17) is 10.3 Å². The van der Waals surface area contributed by atoms with E-state index in [1.54, 1.807) is 0 Å². The SMILES string of the molecule is Cn1ncc([N+](=O)[O-])c1C1(N=[N+]=[N-])CC(O)CCCO1. The highest BCUT2D eigenvalue weighted by Gasteiger charge is 2.44. The molecule has 0 aromatic carbocycles. The topological polar surface area (TPSA) is 139 Å². The van der Waals surface area contributed by atoms with Crippen molar-refractivity contribution in [2.45, 2.75) is 31.1 Å². The number of hydrogen-bond donors (Lipinski definition) is 1. The predicted molar refractivity (Wildman–Crippen MR) is 66.5 cm³/mol. The molecule has 1 aliphatic heterocycles. The van der Waals surface area contributed by atoms with Gasteiger partial charge in [-0.2, -0.15) is 5.10 Å². The monoisotopic (exact) mass is 282 g/mol. The van der Waals surface area contributed by atoms with Crippen LogP contribution in [0.1, 0.15) is 25.0 Å². The van der Waals surface area contributed by atoms with E-state index in [0.29, 0.717) is 12.8 Å². The zero-order valence-corrected chi connectivity index (χ0v) is 10.8. The molecule has 10 nitrogen and oxygen atoms in total. The lowest BCUT2D eigenvalue weighted by atomic mass is 10.00. The number of aryl methyl sites for hydroxylation is 1. The van der Waals surface area contributed by atoms with E-state index in [2.05, 4.69) is 15.1 Å². The maximum atomic E-state index is 11.1. The van der Waals surface area contributed by atoms with Gasteiger partial charge in [-0.3, -0.25) is 14.8 Å². The molecule has 0 aliphatic carbocycles. The van der Waals surface area contributed by atoms with Gasteiger partial charge >= 0.3 is 5.69 Å². The summed E-state index contributed by atoms with van der Waals surface area (Å²) in [5.74, 6) is 0. The summed E-state index contributed by atoms with van der Waals surface area (Å²) in [6.45, 7) is 0.235. The smallest absolute Gasteiger partial charge is 0.313 e. The Labute approximate surface area is 113 Å². The fraction of sp³-hybridized carbons (Fsp3) is 0.700. The predicted octanol–water partition coefficient (Wildman–Crippen LogP) is 1.35. The highest BCUT2D eigenvalue weighted by molar-refractivity contribution is 5.37. The zero-order chi connectivity index (χ0) is 14.8. The Morgan fingerprint density at radius 1 is 1.80 bits per heavy atom. The van der Waals surface area contributed by atoms with Gasteiger partial charge in [-0.05, 0) is 18.4 Å². The molecule has 0 bridgehead atoms. The molecule has 0 amide bonds. The Morgan fingerprint density at radius 2 is 2.55 bits per heavy atom. The van der Waals surface area contributed by atoms with Gasteiger partial charge in [0, 0.05) is 25.0 Å². The van der Waals surface area contributed by atoms with Gasteiger partial charge in [0.15, 0.2) is 11.4 Å². The number of nitrogens with zero attached hydrogens (tertiary/aromatic N) is 6. The van der Waals surface area contributed by atoms with Crippen LogP contribution in [0.5, 0.6) is 0 Å². The van der Waals surface area contributed by atoms with Crippen LogP contribution >= 0.6 is 0 Å². The minimum absolute atomic E-state index is 0.0428. The third-order valence-electron chi connectivity index (χ3n) is 3.23. The van der Waals surface area contributed by atoms with E-state index < -0.39 is 16.8 Å². The van der Waals surface area contributed by atoms with Gasteiger partial charge in [0.25, 0.3) is 0 Å². The van der Waals surface area contributed by atoms with E-state index in [9.17, 15) is 15.2 Å². The number of hydrogen-bond acceptors (Lipinski definition) is 6. The quantitative estimate of drug-likeness (QED) is 0.293. The van der Waals surface area contributed by atoms with Crippen molar-refractivity contribution in [1.82, 2.24) is 9.78 Å². The number of nitro groups is 1. The molecular formula is C10H14N6O4. The third kappa shape index (κ3) is 2.44. The molecule has 1 N–H and O–H groups in total. The van der Waals surface area contributed by atoms with E-state index in [1.807, 2.05) is 0 Å². The molecule has 0 spiro atoms. The highest BCUT2D eigenvalue weighted by atomic mass is 16.6. The van der Waals surface area contributed by atoms with Crippen molar-refractivity contribution in [1.29, 1.82) is 0 Å². The minimum Gasteiger partial charge on any atom is -0.393 e. The maximum absolute atomic E-state index is 11.1. The van der Waals surface area contributed by atoms with Gasteiger partial charge in [0.2, 0.25) is 0 Å². The molecule has 10 heteroatoms. The Hall–Kier alpha value is -2.16. The van der Waals surface area contributed by atoms with Gasteiger partial charge in [-0.15, -0.1) is 0 Å². The Balaban J connectivity index is 2.60. The molecule has 1 aliphatic rings. The summed E-state index contributed by atoms with van der Waals surface area (Å²) in [5.41, 5.74) is 6.91. The van der Waals surface area contributed by atoms with Gasteiger partial charge < -0.3 is 9.84 Å². The summed E-state index contributed by atoms with van der Waals surface area (Å²) in [6, 6.07) is 0. The fourth-order valence-corrected chi connectivity index (χ4v) is 2.41. The number of azide groups is 1. The molecule has 1 aromatic heterocycles. The molecule has 1 saturated heterocycles. The van der Waals surface area contributed by atoms with Crippen molar-refractivity contribution in [3.8, 4) is 0 Å². The maximum Gasteiger partial charge on any atom is 0.313 e. The zero-order valence-electron chi connectivity index (χ0n) is 10.8. The number of aliphatic hydroxyl groups excluding tert-OH is 1. The standard InChI is InChI=1S/C10H14N6O4/c1-15-9(8(6-12-15)16(18)19)10(13-14-11)5-7(17)3-2-4-20-10/h6-7,17H,2-5H2,1H3. The third-order valence-corrected chi connectivity index (χ3v) is 3.23. The van der Waals surface area contributed by atoms with Crippen LogP contribution in [0.25, 0.3) is 10.4 Å². The van der Waals surface area contributed by atoms with Crippen LogP contribution in [0.2, 0.25) is 0 Å². The molecule has 0 saturated carbocycles. The molecule has 2 heterocycles. The molecular weight excluding hydrogens is 268 g/mol. The Kier molecular flexibility index (Phi) is 3.89. The summed E-state index contributed by atoms with van der Waals surface area (Å²) in [7, 11) is 1.50. The lowest BCUT2D eigenvalue weighted by molar-refractivity contribution is -0.387. The fourth-order valence-electron chi connectivity index (χ4n) is 2.41. The first kappa shape index (κ1) is 14.3. The van der Waals surface area contributed by atoms with Crippen molar-refractivity contribution < 1.29 is 14.8 Å². The number of aromatic nitrogens is 2. The second kappa shape index (κ2) is 5.45. The number of aliphatic hydroxyl groups is 1. The van der Waals surface area contributed by atoms with E-state index in [-0.39, 0.29) is 24.4 Å². The van der Waals surface area contributed by atoms with Crippen molar-refractivity contribution in [2.75, 3.05) is 6.61 Å². The Morgan fingerprint density at radius 3 is 3.20 bits per heavy atom. The van der Waals surface area contributed by atoms with Crippen LogP contribution in [-0.4, -0.2) is 32.5 Å². The van der Waals surface area contributed by atoms with E-state index in [1.165, 1.54) is 11.7 Å². The van der Waals surface area contributed by atoms with Crippen LogP contribution in [0.3, 0.4) is 0 Å². The highest BCUT2D eigenvalue weighted by Crippen LogP contribution is 2.40. The largest absolute Gasteiger partial charge is 0.393 e. The van der Waals surface area contributed by atoms with Gasteiger partial charge in [0.05, 0.1) is 11.0 Å². The normalized spacial score (nSPS) is 26.6. The average Bonchev–Trinajstić information content (AvgIpc) is 2.67. The first-order valence-corrected chi connectivity index (χ1v) is 6.05. The number of rotatable bonds is 3. The molecule has 1 aromatic rings. The minimum atomic E-state index is -1.61. The Bertz CT molecular complexity index is 566. The summed E-state index contributed by atoms with van der Waals surface area (Å²) in [4.78, 5) is 13.2. The summed E-state index contributed by atoms with van der Waals surface area (Å²) < 4.78 is 6.81. The van der Waals surface area contributed by atoms with Crippen LogP contribution in [0, 0.1) is 10.1 Å². The van der Waals surface area contributed by atoms with Crippen molar-refractivity contribution in [3.05, 3.63) is 32.4 Å². The first-order valence-electron chi connectivity index (χ1n) is 6.05. The lowest BCUT2D eigenvalue weighted by Gasteiger charge is -2.27. The first-order chi connectivity index (χ1) is 9.50. The van der Waals surface area contributed by atoms with Gasteiger partial charge in [-0.25, -0.2) is 0 Å². The molecule has 1 fully saturated rings. The van der Waals surface area contributed by atoms with Crippen LogP contribution in [0.4, 0.5) is 5.69 Å². The van der Waals surface area contributed by atoms with Gasteiger partial charge in [0.1, 0.15) is 6.20 Å². The molecule has 20 heavy (non-hydrogen) atoms. The molecule has 2 atom stereocenters. The van der Waals surface area contributed by atoms with Crippen LogP contribution in [0.15, 0.2) is 11.3 Å². The van der Waals surface area contributed by atoms with Crippen molar-refractivity contribution >= 4 is 5.69 Å². The number of ether oxygens (including phenoxy) is 1. The molecule has 108 valence electrons. The van der Waals surface area contributed by atoms with Crippen LogP contribution in [-0.2, 0) is 17.5 Å². The second-order valence-electron chi connectivity index (χ2n) is 4.58. The molecule has 2 unspecified atom stereocenters.